The molecule has 0 radical (unpaired) electrons. The van der Waals surface area contributed by atoms with Crippen LogP contribution in [-0.4, -0.2) is 41.0 Å². The van der Waals surface area contributed by atoms with Crippen molar-refractivity contribution in [1.29, 1.82) is 0 Å². The van der Waals surface area contributed by atoms with Gasteiger partial charge in [-0.2, -0.15) is 0 Å². The van der Waals surface area contributed by atoms with Crippen LogP contribution >= 0.6 is 7.82 Å². The lowest BCUT2D eigenvalue weighted by Crippen LogP contribution is -2.29. The van der Waals surface area contributed by atoms with Crippen LogP contribution in [0.5, 0.6) is 0 Å². The van der Waals surface area contributed by atoms with E-state index in [0.29, 0.717) is 6.42 Å². The standard InChI is InChI=1S/C40H79O8P/c1-4-5-6-7-8-9-10-11-15-19-22-25-28-31-34-40(42)48-38(36-47-49(43,44)45)35-46-39(41)33-30-27-24-21-18-16-13-12-14-17-20-23-26-29-32-37(2)3/h37-38H,4-36H2,1-3H3,(H2,43,44,45)/t38-/m1/s1. The number of phosphoric acid groups is 1. The van der Waals surface area contributed by atoms with Gasteiger partial charge in [0, 0.05) is 12.8 Å². The highest BCUT2D eigenvalue weighted by Crippen LogP contribution is 2.36. The molecule has 292 valence electrons. The van der Waals surface area contributed by atoms with Gasteiger partial charge in [0.25, 0.3) is 0 Å². The first-order valence-corrected chi connectivity index (χ1v) is 22.2. The van der Waals surface area contributed by atoms with E-state index in [1.165, 1.54) is 148 Å². The zero-order valence-corrected chi connectivity index (χ0v) is 33.2. The quantitative estimate of drug-likeness (QED) is 0.0368. The van der Waals surface area contributed by atoms with Gasteiger partial charge in [0.2, 0.25) is 0 Å². The Bertz CT molecular complexity index is 784. The average molecular weight is 719 g/mol. The minimum absolute atomic E-state index is 0.219. The molecule has 0 aliphatic rings. The summed E-state index contributed by atoms with van der Waals surface area (Å²) in [5, 5.41) is 0. The van der Waals surface area contributed by atoms with Crippen LogP contribution in [-0.2, 0) is 28.2 Å². The first kappa shape index (κ1) is 48.0. The highest BCUT2D eigenvalue weighted by atomic mass is 31.2. The maximum Gasteiger partial charge on any atom is 0.469 e. The highest BCUT2D eigenvalue weighted by molar-refractivity contribution is 7.46. The third-order valence-corrected chi connectivity index (χ3v) is 9.79. The molecule has 0 aromatic carbocycles. The van der Waals surface area contributed by atoms with Crippen LogP contribution < -0.4 is 0 Å². The van der Waals surface area contributed by atoms with E-state index < -0.39 is 32.5 Å². The maximum absolute atomic E-state index is 12.4. The molecule has 1 atom stereocenters. The number of rotatable bonds is 38. The molecule has 0 saturated carbocycles. The molecule has 0 aliphatic carbocycles. The summed E-state index contributed by atoms with van der Waals surface area (Å²) in [6, 6.07) is 0. The zero-order valence-electron chi connectivity index (χ0n) is 32.3. The Hall–Kier alpha value is -0.950. The lowest BCUT2D eigenvalue weighted by Gasteiger charge is -2.18. The van der Waals surface area contributed by atoms with Crippen molar-refractivity contribution < 1.29 is 37.9 Å². The minimum atomic E-state index is -4.74. The molecule has 0 fully saturated rings. The fourth-order valence-electron chi connectivity index (χ4n) is 6.21. The number of carbonyl (C=O) groups excluding carboxylic acids is 2. The van der Waals surface area contributed by atoms with E-state index in [1.54, 1.807) is 0 Å². The number of hydrogen-bond acceptors (Lipinski definition) is 6. The molecule has 9 heteroatoms. The Labute approximate surface area is 302 Å². The van der Waals surface area contributed by atoms with E-state index in [2.05, 4.69) is 25.3 Å². The van der Waals surface area contributed by atoms with Crippen LogP contribution in [0.15, 0.2) is 0 Å². The van der Waals surface area contributed by atoms with E-state index in [0.717, 1.165) is 38.0 Å². The smallest absolute Gasteiger partial charge is 0.462 e. The van der Waals surface area contributed by atoms with Crippen LogP contribution in [0.25, 0.3) is 0 Å². The second-order valence-corrected chi connectivity index (χ2v) is 16.0. The predicted octanol–water partition coefficient (Wildman–Crippen LogP) is 12.3. The summed E-state index contributed by atoms with van der Waals surface area (Å²) >= 11 is 0. The van der Waals surface area contributed by atoms with E-state index in [1.807, 2.05) is 0 Å². The normalized spacial score (nSPS) is 12.4. The molecule has 0 aliphatic heterocycles. The molecule has 49 heavy (non-hydrogen) atoms. The molecule has 0 spiro atoms. The summed E-state index contributed by atoms with van der Waals surface area (Å²) in [6.45, 7) is 6.05. The molecule has 0 aromatic rings. The van der Waals surface area contributed by atoms with Crippen LogP contribution in [0.2, 0.25) is 0 Å². The summed E-state index contributed by atoms with van der Waals surface area (Å²) < 4.78 is 26.4. The summed E-state index contributed by atoms with van der Waals surface area (Å²) in [6.07, 6.45) is 35.4. The van der Waals surface area contributed by atoms with Crippen molar-refractivity contribution in [2.45, 2.75) is 226 Å². The van der Waals surface area contributed by atoms with Crippen molar-refractivity contribution in [2.75, 3.05) is 13.2 Å². The van der Waals surface area contributed by atoms with Crippen molar-refractivity contribution in [3.63, 3.8) is 0 Å². The van der Waals surface area contributed by atoms with Gasteiger partial charge >= 0.3 is 19.8 Å². The second-order valence-electron chi connectivity index (χ2n) is 14.8. The van der Waals surface area contributed by atoms with E-state index in [4.69, 9.17) is 19.3 Å². The molecule has 8 nitrogen and oxygen atoms in total. The van der Waals surface area contributed by atoms with Gasteiger partial charge in [0.05, 0.1) is 6.61 Å². The largest absolute Gasteiger partial charge is 0.469 e. The monoisotopic (exact) mass is 719 g/mol. The third-order valence-electron chi connectivity index (χ3n) is 9.30. The number of esters is 2. The highest BCUT2D eigenvalue weighted by Gasteiger charge is 2.22. The molecule has 0 saturated heterocycles. The molecular weight excluding hydrogens is 639 g/mol. The summed E-state index contributed by atoms with van der Waals surface area (Å²) in [5.41, 5.74) is 0. The van der Waals surface area contributed by atoms with Crippen LogP contribution in [0.1, 0.15) is 220 Å². The van der Waals surface area contributed by atoms with Gasteiger partial charge in [0.1, 0.15) is 6.61 Å². The number of phosphoric ester groups is 1. The Morgan fingerprint density at radius 1 is 0.510 bits per heavy atom. The third kappa shape index (κ3) is 39.7. The molecule has 0 bridgehead atoms. The molecule has 0 aromatic heterocycles. The molecule has 0 heterocycles. The summed E-state index contributed by atoms with van der Waals surface area (Å²) in [5.74, 6) is -0.0363. The van der Waals surface area contributed by atoms with E-state index in [9.17, 15) is 14.2 Å². The molecule has 0 amide bonds. The van der Waals surface area contributed by atoms with E-state index in [-0.39, 0.29) is 19.4 Å². The fourth-order valence-corrected chi connectivity index (χ4v) is 6.57. The molecule has 2 N–H and O–H groups in total. The van der Waals surface area contributed by atoms with Crippen LogP contribution in [0, 0.1) is 5.92 Å². The SMILES string of the molecule is CCCCCCCCCCCCCCCCC(=O)O[C@H](COC(=O)CCCCCCCCCCCCCCCCC(C)C)COP(=O)(O)O. The van der Waals surface area contributed by atoms with Gasteiger partial charge in [-0.15, -0.1) is 0 Å². The van der Waals surface area contributed by atoms with Crippen molar-refractivity contribution in [1.82, 2.24) is 0 Å². The Morgan fingerprint density at radius 3 is 1.22 bits per heavy atom. The Morgan fingerprint density at radius 2 is 0.857 bits per heavy atom. The van der Waals surface area contributed by atoms with Crippen molar-refractivity contribution in [2.24, 2.45) is 5.92 Å². The first-order chi connectivity index (χ1) is 23.6. The van der Waals surface area contributed by atoms with Gasteiger partial charge in [-0.1, -0.05) is 194 Å². The summed E-state index contributed by atoms with van der Waals surface area (Å²) in [4.78, 5) is 42.8. The zero-order chi connectivity index (χ0) is 36.3. The molecule has 0 unspecified atom stereocenters. The first-order valence-electron chi connectivity index (χ1n) is 20.7. The topological polar surface area (TPSA) is 119 Å². The minimum Gasteiger partial charge on any atom is -0.462 e. The lowest BCUT2D eigenvalue weighted by atomic mass is 10.0. The Balaban J connectivity index is 3.87. The second kappa shape index (κ2) is 35.5. The van der Waals surface area contributed by atoms with Crippen LogP contribution in [0.4, 0.5) is 0 Å². The molecular formula is C40H79O8P. The van der Waals surface area contributed by atoms with Gasteiger partial charge in [-0.25, -0.2) is 4.57 Å². The number of hydrogen-bond donors (Lipinski definition) is 2. The van der Waals surface area contributed by atoms with Crippen molar-refractivity contribution >= 4 is 19.8 Å². The van der Waals surface area contributed by atoms with Crippen molar-refractivity contribution in [3.8, 4) is 0 Å². The van der Waals surface area contributed by atoms with Crippen molar-refractivity contribution in [3.05, 3.63) is 0 Å². The average Bonchev–Trinajstić information content (AvgIpc) is 3.05. The van der Waals surface area contributed by atoms with Gasteiger partial charge < -0.3 is 19.3 Å². The van der Waals surface area contributed by atoms with Crippen LogP contribution in [0.3, 0.4) is 0 Å². The fraction of sp³-hybridized carbons (Fsp3) is 0.950. The van der Waals surface area contributed by atoms with Gasteiger partial charge in [-0.3, -0.25) is 14.1 Å². The molecule has 0 rings (SSSR count). The number of ether oxygens (including phenoxy) is 2. The lowest BCUT2D eigenvalue weighted by molar-refractivity contribution is -0.161. The predicted molar refractivity (Wildman–Crippen MR) is 202 cm³/mol. The van der Waals surface area contributed by atoms with Gasteiger partial charge in [0.15, 0.2) is 6.10 Å². The van der Waals surface area contributed by atoms with Gasteiger partial charge in [-0.05, 0) is 18.8 Å². The Kier molecular flexibility index (Phi) is 34.8. The number of unbranched alkanes of at least 4 members (excludes halogenated alkanes) is 26. The van der Waals surface area contributed by atoms with E-state index >= 15 is 0 Å². The number of carbonyl (C=O) groups is 2. The maximum atomic E-state index is 12.4. The summed E-state index contributed by atoms with van der Waals surface area (Å²) in [7, 11) is -4.74.